The summed E-state index contributed by atoms with van der Waals surface area (Å²) in [6.07, 6.45) is 3.79. The Hall–Kier alpha value is -3.45. The predicted molar refractivity (Wildman–Crippen MR) is 120 cm³/mol. The van der Waals surface area contributed by atoms with Crippen LogP contribution in [-0.4, -0.2) is 44.0 Å². The van der Waals surface area contributed by atoms with E-state index in [1.54, 1.807) is 6.33 Å². The molecule has 0 atom stereocenters. The molecule has 0 amide bonds. The standard InChI is InChI=1S/C23H25N7/c1-3-7-17(8-4-1)15-30-13-11-19(12-14-30)27-23-28-21-20(24-16-25-21)22(29-23)26-18-9-5-2-6-10-18/h1-10,16,19H,11-15H2,(H3,24,25,26,27,28,29). The van der Waals surface area contributed by atoms with E-state index in [0.29, 0.717) is 17.6 Å². The first kappa shape index (κ1) is 18.6. The molecule has 2 aromatic heterocycles. The number of H-pyrrole nitrogens is 1. The van der Waals surface area contributed by atoms with E-state index in [1.165, 1.54) is 5.56 Å². The Kier molecular flexibility index (Phi) is 5.26. The predicted octanol–water partition coefficient (Wildman–Crippen LogP) is 4.17. The van der Waals surface area contributed by atoms with Gasteiger partial charge in [-0.05, 0) is 30.5 Å². The van der Waals surface area contributed by atoms with E-state index in [0.717, 1.165) is 49.5 Å². The number of fused-ring (bicyclic) bond motifs is 1. The van der Waals surface area contributed by atoms with E-state index < -0.39 is 0 Å². The van der Waals surface area contributed by atoms with E-state index in [1.807, 2.05) is 30.3 Å². The molecule has 0 saturated carbocycles. The van der Waals surface area contributed by atoms with Gasteiger partial charge < -0.3 is 15.6 Å². The number of nitrogens with zero attached hydrogens (tertiary/aromatic N) is 4. The normalized spacial score (nSPS) is 15.3. The first-order valence-electron chi connectivity index (χ1n) is 10.4. The average molecular weight is 400 g/mol. The lowest BCUT2D eigenvalue weighted by Crippen LogP contribution is -2.39. The third-order valence-corrected chi connectivity index (χ3v) is 5.49. The molecule has 0 unspecified atom stereocenters. The zero-order chi connectivity index (χ0) is 20.2. The Morgan fingerprint density at radius 3 is 2.43 bits per heavy atom. The summed E-state index contributed by atoms with van der Waals surface area (Å²) in [6, 6.07) is 21.0. The van der Waals surface area contributed by atoms with Crippen LogP contribution in [0.1, 0.15) is 18.4 Å². The molecule has 3 heterocycles. The van der Waals surface area contributed by atoms with Crippen molar-refractivity contribution in [1.29, 1.82) is 0 Å². The van der Waals surface area contributed by atoms with Crippen molar-refractivity contribution in [2.45, 2.75) is 25.4 Å². The van der Waals surface area contributed by atoms with Crippen LogP contribution in [0.4, 0.5) is 17.5 Å². The molecule has 152 valence electrons. The number of imidazole rings is 1. The molecular weight excluding hydrogens is 374 g/mol. The lowest BCUT2D eigenvalue weighted by Gasteiger charge is -2.32. The van der Waals surface area contributed by atoms with Gasteiger partial charge in [0.1, 0.15) is 5.52 Å². The van der Waals surface area contributed by atoms with Gasteiger partial charge in [0.05, 0.1) is 6.33 Å². The number of aromatic amines is 1. The first-order chi connectivity index (χ1) is 14.8. The molecule has 7 heteroatoms. The van der Waals surface area contributed by atoms with Crippen LogP contribution in [0.15, 0.2) is 67.0 Å². The molecule has 0 radical (unpaired) electrons. The van der Waals surface area contributed by atoms with Crippen molar-refractivity contribution < 1.29 is 0 Å². The highest BCUT2D eigenvalue weighted by Gasteiger charge is 2.21. The second-order valence-electron chi connectivity index (χ2n) is 7.67. The monoisotopic (exact) mass is 399 g/mol. The van der Waals surface area contributed by atoms with Gasteiger partial charge in [0, 0.05) is 31.4 Å². The van der Waals surface area contributed by atoms with Crippen LogP contribution in [-0.2, 0) is 6.54 Å². The molecule has 1 fully saturated rings. The van der Waals surface area contributed by atoms with E-state index in [-0.39, 0.29) is 0 Å². The number of hydrogen-bond donors (Lipinski definition) is 3. The highest BCUT2D eigenvalue weighted by molar-refractivity contribution is 5.86. The zero-order valence-corrected chi connectivity index (χ0v) is 16.8. The quantitative estimate of drug-likeness (QED) is 0.451. The van der Waals surface area contributed by atoms with E-state index in [4.69, 9.17) is 4.98 Å². The summed E-state index contributed by atoms with van der Waals surface area (Å²) in [7, 11) is 0. The Balaban J connectivity index is 1.26. The summed E-state index contributed by atoms with van der Waals surface area (Å²) in [4.78, 5) is 19.3. The van der Waals surface area contributed by atoms with Crippen molar-refractivity contribution in [2.24, 2.45) is 0 Å². The van der Waals surface area contributed by atoms with Gasteiger partial charge in [0.15, 0.2) is 11.5 Å². The molecule has 7 nitrogen and oxygen atoms in total. The number of likely N-dealkylation sites (tertiary alicyclic amines) is 1. The van der Waals surface area contributed by atoms with Crippen molar-refractivity contribution in [3.05, 3.63) is 72.6 Å². The highest BCUT2D eigenvalue weighted by Crippen LogP contribution is 2.24. The number of nitrogens with one attached hydrogen (secondary N) is 3. The average Bonchev–Trinajstić information content (AvgIpc) is 3.26. The van der Waals surface area contributed by atoms with Crippen molar-refractivity contribution in [3.63, 3.8) is 0 Å². The maximum absolute atomic E-state index is 4.73. The van der Waals surface area contributed by atoms with Crippen LogP contribution in [0.3, 0.4) is 0 Å². The second kappa shape index (κ2) is 8.51. The summed E-state index contributed by atoms with van der Waals surface area (Å²) >= 11 is 0. The van der Waals surface area contributed by atoms with Crippen molar-refractivity contribution in [3.8, 4) is 0 Å². The molecular formula is C23H25N7. The van der Waals surface area contributed by atoms with Gasteiger partial charge >= 0.3 is 0 Å². The minimum atomic E-state index is 0.359. The van der Waals surface area contributed by atoms with E-state index >= 15 is 0 Å². The van der Waals surface area contributed by atoms with Gasteiger partial charge in [-0.2, -0.15) is 9.97 Å². The third-order valence-electron chi connectivity index (χ3n) is 5.49. The number of benzene rings is 2. The zero-order valence-electron chi connectivity index (χ0n) is 16.8. The van der Waals surface area contributed by atoms with Crippen LogP contribution in [0.5, 0.6) is 0 Å². The lowest BCUT2D eigenvalue weighted by atomic mass is 10.0. The van der Waals surface area contributed by atoms with Crippen molar-refractivity contribution >= 4 is 28.6 Å². The molecule has 30 heavy (non-hydrogen) atoms. The molecule has 0 aliphatic carbocycles. The van der Waals surface area contributed by atoms with Gasteiger partial charge in [0.2, 0.25) is 5.95 Å². The Bertz CT molecular complexity index is 1090. The number of hydrogen-bond acceptors (Lipinski definition) is 6. The summed E-state index contributed by atoms with van der Waals surface area (Å²) in [5.41, 5.74) is 3.81. The molecule has 4 aromatic rings. The van der Waals surface area contributed by atoms with Gasteiger partial charge in [-0.25, -0.2) is 4.98 Å². The summed E-state index contributed by atoms with van der Waals surface area (Å²) < 4.78 is 0. The fourth-order valence-electron chi connectivity index (χ4n) is 3.91. The maximum Gasteiger partial charge on any atom is 0.227 e. The molecule has 1 saturated heterocycles. The smallest absolute Gasteiger partial charge is 0.227 e. The molecule has 0 spiro atoms. The summed E-state index contributed by atoms with van der Waals surface area (Å²) in [5, 5.41) is 6.91. The number of piperidine rings is 1. The molecule has 1 aliphatic heterocycles. The third kappa shape index (κ3) is 4.26. The fourth-order valence-corrected chi connectivity index (χ4v) is 3.91. The SMILES string of the molecule is c1ccc(CN2CCC(Nc3nc(Nc4ccccc4)c4[nH]cnc4n3)CC2)cc1. The number of para-hydroxylation sites is 1. The molecule has 3 N–H and O–H groups in total. The van der Waals surface area contributed by atoms with Crippen LogP contribution in [0, 0.1) is 0 Å². The van der Waals surface area contributed by atoms with Gasteiger partial charge in [-0.1, -0.05) is 48.5 Å². The Labute approximate surface area is 175 Å². The largest absolute Gasteiger partial charge is 0.351 e. The molecule has 1 aliphatic rings. The van der Waals surface area contributed by atoms with Gasteiger partial charge in [-0.15, -0.1) is 0 Å². The van der Waals surface area contributed by atoms with Crippen LogP contribution < -0.4 is 10.6 Å². The second-order valence-corrected chi connectivity index (χ2v) is 7.67. The Morgan fingerprint density at radius 2 is 1.67 bits per heavy atom. The number of anilines is 3. The summed E-state index contributed by atoms with van der Waals surface area (Å²) in [6.45, 7) is 3.13. The maximum atomic E-state index is 4.73. The lowest BCUT2D eigenvalue weighted by molar-refractivity contribution is 0.211. The first-order valence-corrected chi connectivity index (χ1v) is 10.4. The van der Waals surface area contributed by atoms with Crippen LogP contribution in [0.2, 0.25) is 0 Å². The fraction of sp³-hybridized carbons (Fsp3) is 0.261. The van der Waals surface area contributed by atoms with E-state index in [9.17, 15) is 0 Å². The van der Waals surface area contributed by atoms with E-state index in [2.05, 4.69) is 60.8 Å². The van der Waals surface area contributed by atoms with Crippen LogP contribution >= 0.6 is 0 Å². The highest BCUT2D eigenvalue weighted by atomic mass is 15.2. The number of aromatic nitrogens is 4. The van der Waals surface area contributed by atoms with Crippen molar-refractivity contribution in [2.75, 3.05) is 23.7 Å². The van der Waals surface area contributed by atoms with Gasteiger partial charge in [-0.3, -0.25) is 4.90 Å². The molecule has 2 aromatic carbocycles. The minimum Gasteiger partial charge on any atom is -0.351 e. The van der Waals surface area contributed by atoms with Crippen molar-refractivity contribution in [1.82, 2.24) is 24.8 Å². The minimum absolute atomic E-state index is 0.359. The van der Waals surface area contributed by atoms with Gasteiger partial charge in [0.25, 0.3) is 0 Å². The molecule has 5 rings (SSSR count). The molecule has 0 bridgehead atoms. The topological polar surface area (TPSA) is 81.8 Å². The Morgan fingerprint density at radius 1 is 0.933 bits per heavy atom. The summed E-state index contributed by atoms with van der Waals surface area (Å²) in [5.74, 6) is 1.35. The number of rotatable bonds is 6. The van der Waals surface area contributed by atoms with Crippen LogP contribution in [0.25, 0.3) is 11.2 Å².